The van der Waals surface area contributed by atoms with Crippen molar-refractivity contribution in [1.82, 2.24) is 19.9 Å². The van der Waals surface area contributed by atoms with Crippen LogP contribution in [0.1, 0.15) is 0 Å². The predicted molar refractivity (Wildman–Crippen MR) is 207 cm³/mol. The minimum Gasteiger partial charge on any atom is -0.436 e. The number of nitrogens with zero attached hydrogens (tertiary/aromatic N) is 4. The molecule has 0 aliphatic heterocycles. The van der Waals surface area contributed by atoms with Gasteiger partial charge < -0.3 is 4.42 Å². The number of oxazole rings is 1. The Labute approximate surface area is 293 Å². The molecule has 0 amide bonds. The van der Waals surface area contributed by atoms with Crippen molar-refractivity contribution in [3.05, 3.63) is 171 Å². The monoisotopic (exact) mass is 652 g/mol. The van der Waals surface area contributed by atoms with E-state index in [-0.39, 0.29) is 0 Å². The van der Waals surface area contributed by atoms with Crippen molar-refractivity contribution in [3.63, 3.8) is 0 Å². The molecule has 5 heteroatoms. The van der Waals surface area contributed by atoms with Crippen molar-refractivity contribution in [2.75, 3.05) is 0 Å². The Kier molecular flexibility index (Phi) is 6.74. The van der Waals surface area contributed by atoms with Crippen molar-refractivity contribution in [1.29, 1.82) is 0 Å². The van der Waals surface area contributed by atoms with Crippen LogP contribution in [0.15, 0.2) is 175 Å². The van der Waals surface area contributed by atoms with E-state index >= 15 is 0 Å². The lowest BCUT2D eigenvalue weighted by Gasteiger charge is -2.15. The molecule has 0 bridgehead atoms. The number of benzene rings is 6. The van der Waals surface area contributed by atoms with Gasteiger partial charge in [0, 0.05) is 75.6 Å². The molecular weight excluding hydrogens is 625 g/mol. The van der Waals surface area contributed by atoms with E-state index in [0.29, 0.717) is 5.89 Å². The Balaban J connectivity index is 1.26. The molecule has 238 valence electrons. The van der Waals surface area contributed by atoms with Crippen molar-refractivity contribution >= 4 is 43.4 Å². The fourth-order valence-corrected chi connectivity index (χ4v) is 7.21. The van der Waals surface area contributed by atoms with E-state index in [4.69, 9.17) is 9.40 Å². The number of hydrogen-bond acceptors (Lipinski definition) is 5. The summed E-state index contributed by atoms with van der Waals surface area (Å²) in [5.74, 6) is 0.570. The van der Waals surface area contributed by atoms with E-state index in [2.05, 4.69) is 118 Å². The SMILES string of the molecule is c1ccc2c(-c3cc(-c4cc(-c5cncc6ccccc56)cc(-c5cncc6ccccc56)c4)cc(-c4nc5ccccc5o4)c3)cncc2c1. The van der Waals surface area contributed by atoms with Crippen LogP contribution in [0.25, 0.3) is 99.4 Å². The smallest absolute Gasteiger partial charge is 0.227 e. The zero-order valence-corrected chi connectivity index (χ0v) is 27.4. The quantitative estimate of drug-likeness (QED) is 0.185. The van der Waals surface area contributed by atoms with E-state index < -0.39 is 0 Å². The number of pyridine rings is 3. The molecular formula is C46H28N4O. The lowest BCUT2D eigenvalue weighted by molar-refractivity contribution is 0.620. The molecule has 0 unspecified atom stereocenters. The molecule has 0 radical (unpaired) electrons. The number of fused-ring (bicyclic) bond motifs is 4. The number of para-hydroxylation sites is 2. The summed E-state index contributed by atoms with van der Waals surface area (Å²) in [6, 6.07) is 46.5. The van der Waals surface area contributed by atoms with Gasteiger partial charge in [-0.15, -0.1) is 0 Å². The number of hydrogen-bond donors (Lipinski definition) is 0. The van der Waals surface area contributed by atoms with Gasteiger partial charge in [0.1, 0.15) is 5.52 Å². The highest BCUT2D eigenvalue weighted by Crippen LogP contribution is 2.41. The van der Waals surface area contributed by atoms with E-state index in [1.165, 1.54) is 0 Å². The third-order valence-electron chi connectivity index (χ3n) is 9.68. The average Bonchev–Trinajstić information content (AvgIpc) is 3.65. The molecule has 0 fully saturated rings. The standard InChI is InChI=1S/C46H28N4O/c1-4-12-38-29(9-1)23-47-26-41(38)34-17-32(18-35(21-34)42-27-48-24-30-10-2-5-13-39(30)42)33-19-36(43-28-49-25-31-11-3-6-14-40(31)43)22-37(20-33)46-50-44-15-7-8-16-45(44)51-46/h1-28H. The molecule has 0 aliphatic carbocycles. The maximum absolute atomic E-state index is 6.36. The van der Waals surface area contributed by atoms with Crippen LogP contribution < -0.4 is 0 Å². The summed E-state index contributed by atoms with van der Waals surface area (Å²) in [6.07, 6.45) is 11.6. The summed E-state index contributed by atoms with van der Waals surface area (Å²) in [7, 11) is 0. The third-order valence-corrected chi connectivity index (χ3v) is 9.68. The minimum atomic E-state index is 0.570. The van der Waals surface area contributed by atoms with Gasteiger partial charge in [0.2, 0.25) is 5.89 Å². The Hall–Kier alpha value is -6.98. The molecule has 4 heterocycles. The summed E-state index contributed by atoms with van der Waals surface area (Å²) in [5, 5.41) is 6.70. The van der Waals surface area contributed by atoms with Crippen molar-refractivity contribution < 1.29 is 4.42 Å². The maximum Gasteiger partial charge on any atom is 0.227 e. The molecule has 0 spiro atoms. The fourth-order valence-electron chi connectivity index (χ4n) is 7.21. The Bertz CT molecular complexity index is 2800. The van der Waals surface area contributed by atoms with Gasteiger partial charge in [-0.05, 0) is 92.5 Å². The van der Waals surface area contributed by atoms with Crippen LogP contribution in [0, 0.1) is 0 Å². The predicted octanol–water partition coefficient (Wildman–Crippen LogP) is 11.8. The van der Waals surface area contributed by atoms with Crippen LogP contribution in [0.2, 0.25) is 0 Å². The van der Waals surface area contributed by atoms with Gasteiger partial charge in [0.15, 0.2) is 5.58 Å². The average molecular weight is 653 g/mol. The van der Waals surface area contributed by atoms with Crippen LogP contribution in [-0.4, -0.2) is 19.9 Å². The van der Waals surface area contributed by atoms with Crippen LogP contribution in [0.4, 0.5) is 0 Å². The topological polar surface area (TPSA) is 64.7 Å². The zero-order chi connectivity index (χ0) is 33.7. The second-order valence-corrected chi connectivity index (χ2v) is 12.8. The summed E-state index contributed by atoms with van der Waals surface area (Å²) in [4.78, 5) is 18.9. The maximum atomic E-state index is 6.36. The Morgan fingerprint density at radius 1 is 0.353 bits per heavy atom. The molecule has 6 aromatic carbocycles. The van der Waals surface area contributed by atoms with Crippen molar-refractivity contribution in [2.45, 2.75) is 0 Å². The normalized spacial score (nSPS) is 11.5. The lowest BCUT2D eigenvalue weighted by Crippen LogP contribution is -1.92. The molecule has 0 atom stereocenters. The highest BCUT2D eigenvalue weighted by molar-refractivity contribution is 6.02. The summed E-state index contributed by atoms with van der Waals surface area (Å²) < 4.78 is 6.36. The van der Waals surface area contributed by atoms with Gasteiger partial charge in [0.25, 0.3) is 0 Å². The highest BCUT2D eigenvalue weighted by atomic mass is 16.3. The largest absolute Gasteiger partial charge is 0.436 e. The van der Waals surface area contributed by atoms with Crippen LogP contribution >= 0.6 is 0 Å². The van der Waals surface area contributed by atoms with E-state index in [0.717, 1.165) is 93.5 Å². The van der Waals surface area contributed by atoms with Gasteiger partial charge in [-0.3, -0.25) is 15.0 Å². The molecule has 0 saturated carbocycles. The van der Waals surface area contributed by atoms with Crippen molar-refractivity contribution in [3.8, 4) is 56.0 Å². The zero-order valence-electron chi connectivity index (χ0n) is 27.4. The number of rotatable bonds is 5. The molecule has 5 nitrogen and oxygen atoms in total. The van der Waals surface area contributed by atoms with Crippen LogP contribution in [-0.2, 0) is 0 Å². The Morgan fingerprint density at radius 2 is 0.745 bits per heavy atom. The third kappa shape index (κ3) is 5.11. The molecule has 0 saturated heterocycles. The Morgan fingerprint density at radius 3 is 1.24 bits per heavy atom. The minimum absolute atomic E-state index is 0.570. The van der Waals surface area contributed by atoms with E-state index in [1.807, 2.05) is 67.5 Å². The first-order valence-electron chi connectivity index (χ1n) is 16.9. The summed E-state index contributed by atoms with van der Waals surface area (Å²) >= 11 is 0. The molecule has 4 aromatic heterocycles. The number of aromatic nitrogens is 4. The fraction of sp³-hybridized carbons (Fsp3) is 0. The second kappa shape index (κ2) is 11.9. The van der Waals surface area contributed by atoms with E-state index in [9.17, 15) is 0 Å². The summed E-state index contributed by atoms with van der Waals surface area (Å²) in [6.45, 7) is 0. The van der Waals surface area contributed by atoms with Gasteiger partial charge >= 0.3 is 0 Å². The first-order chi connectivity index (χ1) is 25.2. The van der Waals surface area contributed by atoms with Crippen LogP contribution in [0.5, 0.6) is 0 Å². The lowest BCUT2D eigenvalue weighted by atomic mass is 9.89. The van der Waals surface area contributed by atoms with Crippen molar-refractivity contribution in [2.24, 2.45) is 0 Å². The molecule has 51 heavy (non-hydrogen) atoms. The summed E-state index contributed by atoms with van der Waals surface area (Å²) in [5.41, 5.74) is 10.9. The van der Waals surface area contributed by atoms with Gasteiger partial charge in [-0.25, -0.2) is 4.98 Å². The first-order valence-corrected chi connectivity index (χ1v) is 16.9. The highest BCUT2D eigenvalue weighted by Gasteiger charge is 2.17. The van der Waals surface area contributed by atoms with Crippen LogP contribution in [0.3, 0.4) is 0 Å². The van der Waals surface area contributed by atoms with Gasteiger partial charge in [-0.2, -0.15) is 0 Å². The molecule has 10 rings (SSSR count). The molecule has 0 aliphatic rings. The molecule has 10 aromatic rings. The first kappa shape index (κ1) is 29.0. The van der Waals surface area contributed by atoms with Gasteiger partial charge in [0.05, 0.1) is 0 Å². The molecule has 0 N–H and O–H groups in total. The van der Waals surface area contributed by atoms with Gasteiger partial charge in [-0.1, -0.05) is 84.9 Å². The van der Waals surface area contributed by atoms with E-state index in [1.54, 1.807) is 0 Å². The second-order valence-electron chi connectivity index (χ2n) is 12.8.